The van der Waals surface area contributed by atoms with Gasteiger partial charge in [-0.1, -0.05) is 0 Å². The summed E-state index contributed by atoms with van der Waals surface area (Å²) in [5.74, 6) is 0.868. The molecule has 90 valence electrons. The quantitative estimate of drug-likeness (QED) is 0.710. The van der Waals surface area contributed by atoms with Crippen molar-refractivity contribution in [2.24, 2.45) is 0 Å². The van der Waals surface area contributed by atoms with Crippen molar-refractivity contribution in [1.82, 2.24) is 9.97 Å². The monoisotopic (exact) mass is 252 g/mol. The topological polar surface area (TPSA) is 49.3 Å². The highest BCUT2D eigenvalue weighted by atomic mass is 35.5. The Morgan fingerprint density at radius 3 is 2.88 bits per heavy atom. The van der Waals surface area contributed by atoms with Crippen LogP contribution in [-0.4, -0.2) is 35.5 Å². The van der Waals surface area contributed by atoms with Crippen LogP contribution in [0, 0.1) is 0 Å². The molecule has 0 unspecified atom stereocenters. The summed E-state index contributed by atoms with van der Waals surface area (Å²) in [6.45, 7) is 0.390. The zero-order valence-corrected chi connectivity index (χ0v) is 10.3. The summed E-state index contributed by atoms with van der Waals surface area (Å²) in [4.78, 5) is 23.8. The molecule has 1 aliphatic carbocycles. The van der Waals surface area contributed by atoms with Crippen molar-refractivity contribution in [3.8, 4) is 0 Å². The third-order valence-electron chi connectivity index (χ3n) is 3.55. The van der Waals surface area contributed by atoms with E-state index in [1.54, 1.807) is 18.1 Å². The van der Waals surface area contributed by atoms with Crippen LogP contribution < -0.4 is 9.80 Å². The van der Waals surface area contributed by atoms with E-state index in [0.29, 0.717) is 12.6 Å². The molecular weight excluding hydrogens is 240 g/mol. The number of fused-ring (bicyclic) bond motifs is 1. The van der Waals surface area contributed by atoms with Crippen LogP contribution in [0.4, 0.5) is 11.5 Å². The lowest BCUT2D eigenvalue weighted by atomic mass is 9.91. The largest absolute Gasteiger partial charge is 0.342 e. The maximum Gasteiger partial charge on any atom is 0.246 e. The summed E-state index contributed by atoms with van der Waals surface area (Å²) in [5, 5.41) is 0.232. The molecule has 0 saturated heterocycles. The molecule has 0 radical (unpaired) electrons. The molecule has 1 fully saturated rings. The summed E-state index contributed by atoms with van der Waals surface area (Å²) in [6, 6.07) is 0.428. The van der Waals surface area contributed by atoms with Crippen molar-refractivity contribution in [2.45, 2.75) is 25.3 Å². The standard InChI is InChI=1S/C11H13ClN4O/c1-15-8-5-13-11(12)14-10(8)16(6-9(15)17)7-3-2-4-7/h5,7H,2-4,6H2,1H3. The molecule has 0 bridgehead atoms. The van der Waals surface area contributed by atoms with Crippen molar-refractivity contribution in [3.63, 3.8) is 0 Å². The lowest BCUT2D eigenvalue weighted by molar-refractivity contribution is -0.117. The number of amides is 1. The lowest BCUT2D eigenvalue weighted by Crippen LogP contribution is -2.51. The molecule has 2 heterocycles. The van der Waals surface area contributed by atoms with Gasteiger partial charge < -0.3 is 9.80 Å². The van der Waals surface area contributed by atoms with E-state index in [9.17, 15) is 4.79 Å². The van der Waals surface area contributed by atoms with E-state index in [2.05, 4.69) is 14.9 Å². The fourth-order valence-electron chi connectivity index (χ4n) is 2.26. The molecular formula is C11H13ClN4O. The molecule has 1 aromatic heterocycles. The highest BCUT2D eigenvalue weighted by Gasteiger charge is 2.35. The molecule has 0 aromatic carbocycles. The summed E-state index contributed by atoms with van der Waals surface area (Å²) in [5.41, 5.74) is 0.748. The zero-order valence-electron chi connectivity index (χ0n) is 9.56. The first kappa shape index (κ1) is 10.8. The van der Waals surface area contributed by atoms with Crippen LogP contribution in [0.3, 0.4) is 0 Å². The maximum atomic E-state index is 11.9. The van der Waals surface area contributed by atoms with Crippen molar-refractivity contribution in [3.05, 3.63) is 11.5 Å². The molecule has 1 amide bonds. The van der Waals surface area contributed by atoms with E-state index in [-0.39, 0.29) is 11.2 Å². The van der Waals surface area contributed by atoms with E-state index in [4.69, 9.17) is 11.6 Å². The predicted molar refractivity (Wildman–Crippen MR) is 65.4 cm³/mol. The Kier molecular flexibility index (Phi) is 2.43. The van der Waals surface area contributed by atoms with Gasteiger partial charge in [0.05, 0.1) is 12.7 Å². The van der Waals surface area contributed by atoms with Crippen LogP contribution in [-0.2, 0) is 4.79 Å². The SMILES string of the molecule is CN1C(=O)CN(C2CCC2)c2nc(Cl)ncc21. The zero-order chi connectivity index (χ0) is 12.0. The second-order valence-corrected chi connectivity index (χ2v) is 4.85. The van der Waals surface area contributed by atoms with Crippen LogP contribution in [0.15, 0.2) is 6.20 Å². The molecule has 0 atom stereocenters. The lowest BCUT2D eigenvalue weighted by Gasteiger charge is -2.42. The van der Waals surface area contributed by atoms with Gasteiger partial charge in [-0.3, -0.25) is 4.79 Å². The van der Waals surface area contributed by atoms with Crippen LogP contribution in [0.5, 0.6) is 0 Å². The number of hydrogen-bond donors (Lipinski definition) is 0. The first-order chi connectivity index (χ1) is 8.16. The minimum atomic E-state index is 0.0790. The Hall–Kier alpha value is -1.36. The number of carbonyl (C=O) groups excluding carboxylic acids is 1. The van der Waals surface area contributed by atoms with E-state index >= 15 is 0 Å². The van der Waals surface area contributed by atoms with Gasteiger partial charge >= 0.3 is 0 Å². The van der Waals surface area contributed by atoms with Crippen LogP contribution in [0.1, 0.15) is 19.3 Å². The minimum absolute atomic E-state index is 0.0790. The summed E-state index contributed by atoms with van der Waals surface area (Å²) in [6.07, 6.45) is 5.09. The van der Waals surface area contributed by atoms with E-state index in [1.807, 2.05) is 0 Å². The molecule has 1 aromatic rings. The van der Waals surface area contributed by atoms with Crippen molar-refractivity contribution in [1.29, 1.82) is 0 Å². The number of aromatic nitrogens is 2. The molecule has 3 rings (SSSR count). The molecule has 5 nitrogen and oxygen atoms in total. The van der Waals surface area contributed by atoms with E-state index in [0.717, 1.165) is 24.3 Å². The number of nitrogens with zero attached hydrogens (tertiary/aromatic N) is 4. The van der Waals surface area contributed by atoms with Crippen LogP contribution in [0.2, 0.25) is 5.28 Å². The molecule has 2 aliphatic rings. The Morgan fingerprint density at radius 1 is 1.47 bits per heavy atom. The van der Waals surface area contributed by atoms with Crippen molar-refractivity contribution < 1.29 is 4.79 Å². The van der Waals surface area contributed by atoms with Gasteiger partial charge in [-0.2, -0.15) is 4.98 Å². The summed E-state index contributed by atoms with van der Waals surface area (Å²) in [7, 11) is 1.75. The van der Waals surface area contributed by atoms with Gasteiger partial charge in [0.1, 0.15) is 5.69 Å². The maximum absolute atomic E-state index is 11.9. The van der Waals surface area contributed by atoms with E-state index < -0.39 is 0 Å². The average Bonchev–Trinajstić information content (AvgIpc) is 2.23. The van der Waals surface area contributed by atoms with Gasteiger partial charge in [0.25, 0.3) is 0 Å². The number of rotatable bonds is 1. The number of likely N-dealkylation sites (N-methyl/N-ethyl adjacent to an activating group) is 1. The smallest absolute Gasteiger partial charge is 0.246 e. The minimum Gasteiger partial charge on any atom is -0.342 e. The number of hydrogen-bond acceptors (Lipinski definition) is 4. The molecule has 1 saturated carbocycles. The van der Waals surface area contributed by atoms with Gasteiger partial charge in [0.15, 0.2) is 5.82 Å². The molecule has 0 spiro atoms. The summed E-state index contributed by atoms with van der Waals surface area (Å²) < 4.78 is 0. The molecule has 17 heavy (non-hydrogen) atoms. The van der Waals surface area contributed by atoms with Crippen LogP contribution >= 0.6 is 11.6 Å². The predicted octanol–water partition coefficient (Wildman–Crippen LogP) is 1.47. The number of anilines is 2. The van der Waals surface area contributed by atoms with Gasteiger partial charge in [0, 0.05) is 13.1 Å². The highest BCUT2D eigenvalue weighted by Crippen LogP contribution is 2.36. The van der Waals surface area contributed by atoms with Gasteiger partial charge in [0.2, 0.25) is 11.2 Å². The third-order valence-corrected chi connectivity index (χ3v) is 3.73. The molecule has 6 heteroatoms. The normalized spacial score (nSPS) is 20.2. The van der Waals surface area contributed by atoms with Crippen LogP contribution in [0.25, 0.3) is 0 Å². The molecule has 1 aliphatic heterocycles. The third kappa shape index (κ3) is 1.65. The molecule has 0 N–H and O–H groups in total. The van der Waals surface area contributed by atoms with E-state index in [1.165, 1.54) is 6.42 Å². The Morgan fingerprint density at radius 2 is 2.24 bits per heavy atom. The Labute approximate surface area is 104 Å². The summed E-state index contributed by atoms with van der Waals surface area (Å²) >= 11 is 5.84. The van der Waals surface area contributed by atoms with Gasteiger partial charge in [-0.15, -0.1) is 0 Å². The Bertz CT molecular complexity index is 475. The highest BCUT2D eigenvalue weighted by molar-refractivity contribution is 6.28. The fraction of sp³-hybridized carbons (Fsp3) is 0.545. The first-order valence-electron chi connectivity index (χ1n) is 5.72. The fourth-order valence-corrected chi connectivity index (χ4v) is 2.38. The average molecular weight is 253 g/mol. The van der Waals surface area contributed by atoms with Crippen molar-refractivity contribution >= 4 is 29.0 Å². The second-order valence-electron chi connectivity index (χ2n) is 4.51. The Balaban J connectivity index is 2.05. The first-order valence-corrected chi connectivity index (χ1v) is 6.10. The van der Waals surface area contributed by atoms with Gasteiger partial charge in [-0.05, 0) is 30.9 Å². The van der Waals surface area contributed by atoms with Gasteiger partial charge in [-0.25, -0.2) is 4.98 Å². The van der Waals surface area contributed by atoms with Crippen molar-refractivity contribution in [2.75, 3.05) is 23.4 Å². The number of carbonyl (C=O) groups is 1. The second kappa shape index (κ2) is 3.84. The number of halogens is 1.